The maximum Gasteiger partial charge on any atom is 0.289 e. The average molecular weight is 584 g/mol. The molecular formula is C30H30FN9O3. The number of amidine groups is 1. The Hall–Kier alpha value is -5.20. The number of nitrogens with two attached hydrogens (primary N) is 2. The third-order valence-corrected chi connectivity index (χ3v) is 8.36. The van der Waals surface area contributed by atoms with Crippen LogP contribution >= 0.6 is 0 Å². The molecule has 2 bridgehead atoms. The molecule has 2 atom stereocenters. The lowest BCUT2D eigenvalue weighted by atomic mass is 9.85. The van der Waals surface area contributed by atoms with E-state index in [2.05, 4.69) is 15.1 Å². The molecule has 1 aromatic carbocycles. The molecule has 12 nitrogen and oxygen atoms in total. The Kier molecular flexibility index (Phi) is 7.08. The largest absolute Gasteiger partial charge is 0.494 e. The topological polar surface area (TPSA) is 178 Å². The normalized spacial score (nSPS) is 19.9. The number of carbonyl (C=O) groups is 2. The molecule has 0 aliphatic carbocycles. The number of methoxy groups -OCH3 is 1. The minimum atomic E-state index is -0.478. The Morgan fingerprint density at radius 2 is 1.86 bits per heavy atom. The first-order chi connectivity index (χ1) is 20.7. The molecule has 5 heterocycles. The predicted molar refractivity (Wildman–Crippen MR) is 159 cm³/mol. The van der Waals surface area contributed by atoms with Gasteiger partial charge in [-0.05, 0) is 56.9 Å². The van der Waals surface area contributed by atoms with Gasteiger partial charge in [0.25, 0.3) is 5.91 Å². The number of hydrogen-bond donors (Lipinski definition) is 3. The monoisotopic (exact) mass is 583 g/mol. The van der Waals surface area contributed by atoms with Gasteiger partial charge in [-0.2, -0.15) is 9.61 Å². The number of rotatable bonds is 6. The number of aliphatic imine (C=N–C) groups is 1. The Balaban J connectivity index is 1.36. The van der Waals surface area contributed by atoms with E-state index in [1.807, 2.05) is 6.07 Å². The standard InChI is InChI=1S/C30H30FN9O3/c1-15(41)25-26(18-9-19-5-6-20(10-18)39(19)30(42)27(33)36-14-32)38-29-21(13-37-40(29)28(25)34)17-3-7-23(35-12-17)16-4-8-24(43-2)22(31)11-16/h3-4,7-8,11-14,18-20H,5-6,9-10,34H2,1-2H3,(H3,32,33,36). The van der Waals surface area contributed by atoms with Gasteiger partial charge in [-0.25, -0.2) is 14.4 Å². The first-order valence-corrected chi connectivity index (χ1v) is 13.8. The van der Waals surface area contributed by atoms with Crippen molar-refractivity contribution in [1.82, 2.24) is 24.5 Å². The van der Waals surface area contributed by atoms with Gasteiger partial charge in [0, 0.05) is 40.9 Å². The van der Waals surface area contributed by atoms with Gasteiger partial charge in [0.1, 0.15) is 12.2 Å². The van der Waals surface area contributed by atoms with Crippen LogP contribution in [-0.2, 0) is 4.79 Å². The van der Waals surface area contributed by atoms with Crippen molar-refractivity contribution < 1.29 is 18.7 Å². The molecule has 43 heavy (non-hydrogen) atoms. The quantitative estimate of drug-likeness (QED) is 0.175. The minimum Gasteiger partial charge on any atom is -0.494 e. The molecule has 2 aliphatic rings. The summed E-state index contributed by atoms with van der Waals surface area (Å²) in [6.07, 6.45) is 6.82. The summed E-state index contributed by atoms with van der Waals surface area (Å²) in [6.45, 7) is 1.46. The van der Waals surface area contributed by atoms with Gasteiger partial charge in [-0.3, -0.25) is 20.0 Å². The summed E-state index contributed by atoms with van der Waals surface area (Å²) in [4.78, 5) is 40.8. The molecule has 13 heteroatoms. The van der Waals surface area contributed by atoms with Gasteiger partial charge in [-0.1, -0.05) is 6.07 Å². The molecule has 0 radical (unpaired) electrons. The fourth-order valence-corrected chi connectivity index (χ4v) is 6.43. The lowest BCUT2D eigenvalue weighted by Gasteiger charge is -2.39. The number of hydrogen-bond acceptors (Lipinski definition) is 8. The molecule has 2 saturated heterocycles. The van der Waals surface area contributed by atoms with E-state index in [0.717, 1.165) is 24.7 Å². The first-order valence-electron chi connectivity index (χ1n) is 13.8. The van der Waals surface area contributed by atoms with E-state index in [9.17, 15) is 14.0 Å². The van der Waals surface area contributed by atoms with Crippen LogP contribution in [0.2, 0.25) is 0 Å². The Morgan fingerprint density at radius 3 is 2.47 bits per heavy atom. The van der Waals surface area contributed by atoms with Crippen molar-refractivity contribution in [1.29, 1.82) is 5.41 Å². The molecule has 2 unspecified atom stereocenters. The number of amides is 1. The summed E-state index contributed by atoms with van der Waals surface area (Å²) < 4.78 is 20.7. The number of anilines is 1. The second-order valence-corrected chi connectivity index (χ2v) is 10.8. The number of fused-ring (bicyclic) bond motifs is 3. The highest BCUT2D eigenvalue weighted by molar-refractivity contribution is 6.38. The summed E-state index contributed by atoms with van der Waals surface area (Å²) >= 11 is 0. The van der Waals surface area contributed by atoms with Crippen LogP contribution in [0.25, 0.3) is 28.0 Å². The lowest BCUT2D eigenvalue weighted by molar-refractivity contribution is -0.128. The van der Waals surface area contributed by atoms with E-state index in [1.54, 1.807) is 35.5 Å². The summed E-state index contributed by atoms with van der Waals surface area (Å²) in [5.41, 5.74) is 16.3. The number of benzene rings is 1. The summed E-state index contributed by atoms with van der Waals surface area (Å²) in [5.74, 6) is -1.05. The Morgan fingerprint density at radius 1 is 1.14 bits per heavy atom. The van der Waals surface area contributed by atoms with E-state index in [-0.39, 0.29) is 47.1 Å². The van der Waals surface area contributed by atoms with Gasteiger partial charge < -0.3 is 21.1 Å². The summed E-state index contributed by atoms with van der Waals surface area (Å²) in [5, 5.41) is 11.6. The second-order valence-electron chi connectivity index (χ2n) is 10.8. The SMILES string of the molecule is COc1ccc(-c2ccc(-c3cnn4c(N)c(C(C)=O)c(C5CC6CCC(C5)N6C(=O)C(N)=NC=N)nc34)cn2)cc1F. The third kappa shape index (κ3) is 4.76. The van der Waals surface area contributed by atoms with Gasteiger partial charge in [0.15, 0.2) is 28.8 Å². The van der Waals surface area contributed by atoms with E-state index in [0.29, 0.717) is 46.6 Å². The minimum absolute atomic E-state index is 0.0984. The van der Waals surface area contributed by atoms with Crippen molar-refractivity contribution >= 4 is 35.3 Å². The van der Waals surface area contributed by atoms with Crippen molar-refractivity contribution in [3.63, 3.8) is 0 Å². The predicted octanol–water partition coefficient (Wildman–Crippen LogP) is 3.59. The Labute approximate surface area is 246 Å². The van der Waals surface area contributed by atoms with E-state index >= 15 is 0 Å². The van der Waals surface area contributed by atoms with E-state index in [1.165, 1.54) is 24.6 Å². The van der Waals surface area contributed by atoms with Crippen LogP contribution in [0.4, 0.5) is 10.2 Å². The maximum atomic E-state index is 14.3. The fraction of sp³-hybridized carbons (Fsp3) is 0.300. The molecule has 0 saturated carbocycles. The van der Waals surface area contributed by atoms with Crippen LogP contribution < -0.4 is 16.2 Å². The number of nitrogen functional groups attached to an aromatic ring is 1. The molecule has 5 N–H and O–H groups in total. The van der Waals surface area contributed by atoms with Gasteiger partial charge in [0.2, 0.25) is 0 Å². The van der Waals surface area contributed by atoms with E-state index < -0.39 is 5.82 Å². The highest BCUT2D eigenvalue weighted by atomic mass is 19.1. The van der Waals surface area contributed by atoms with Crippen molar-refractivity contribution in [3.05, 3.63) is 59.8 Å². The number of ketones is 1. The number of ether oxygens (including phenoxy) is 1. The molecule has 6 rings (SSSR count). The number of pyridine rings is 1. The zero-order valence-electron chi connectivity index (χ0n) is 23.6. The molecule has 2 fully saturated rings. The zero-order chi connectivity index (χ0) is 30.4. The van der Waals surface area contributed by atoms with Crippen LogP contribution in [-0.4, -0.2) is 67.5 Å². The fourth-order valence-electron chi connectivity index (χ4n) is 6.43. The highest BCUT2D eigenvalue weighted by Crippen LogP contribution is 2.44. The maximum absolute atomic E-state index is 14.3. The molecular weight excluding hydrogens is 553 g/mol. The third-order valence-electron chi connectivity index (χ3n) is 8.36. The Bertz CT molecular complexity index is 1790. The molecule has 220 valence electrons. The second kappa shape index (κ2) is 10.9. The number of halogens is 1. The number of nitrogens with one attached hydrogen (secondary N) is 1. The zero-order valence-corrected chi connectivity index (χ0v) is 23.6. The van der Waals surface area contributed by atoms with Gasteiger partial charge >= 0.3 is 0 Å². The smallest absolute Gasteiger partial charge is 0.289 e. The molecule has 2 aliphatic heterocycles. The number of Topliss-reactive ketones (excluding diaryl/α,β-unsaturated/α-hetero) is 1. The van der Waals surface area contributed by atoms with Gasteiger partial charge in [-0.15, -0.1) is 0 Å². The molecule has 1 amide bonds. The number of aromatic nitrogens is 4. The summed E-state index contributed by atoms with van der Waals surface area (Å²) in [6, 6.07) is 8.09. The number of carbonyl (C=O) groups excluding carboxylic acids is 2. The lowest BCUT2D eigenvalue weighted by Crippen LogP contribution is -2.50. The average Bonchev–Trinajstić information content (AvgIpc) is 3.54. The molecule has 4 aromatic rings. The van der Waals surface area contributed by atoms with Crippen molar-refractivity contribution in [3.8, 4) is 28.1 Å². The van der Waals surface area contributed by atoms with Crippen molar-refractivity contribution in [2.75, 3.05) is 12.8 Å². The summed E-state index contributed by atoms with van der Waals surface area (Å²) in [7, 11) is 1.41. The van der Waals surface area contributed by atoms with Crippen molar-refractivity contribution in [2.24, 2.45) is 10.7 Å². The van der Waals surface area contributed by atoms with Crippen LogP contribution in [0.1, 0.15) is 54.6 Å². The van der Waals surface area contributed by atoms with Crippen molar-refractivity contribution in [2.45, 2.75) is 50.6 Å². The molecule has 0 spiro atoms. The van der Waals surface area contributed by atoms with E-state index in [4.69, 9.17) is 26.6 Å². The molecule has 3 aromatic heterocycles. The van der Waals surface area contributed by atoms with Crippen LogP contribution in [0, 0.1) is 11.2 Å². The van der Waals surface area contributed by atoms with Crippen LogP contribution in [0.3, 0.4) is 0 Å². The van der Waals surface area contributed by atoms with Gasteiger partial charge in [0.05, 0.1) is 30.3 Å². The van der Waals surface area contributed by atoms with Crippen LogP contribution in [0.5, 0.6) is 5.75 Å². The highest BCUT2D eigenvalue weighted by Gasteiger charge is 2.45. The number of nitrogens with zero attached hydrogens (tertiary/aromatic N) is 6. The first kappa shape index (κ1) is 27.9. The number of piperidine rings is 1. The van der Waals surface area contributed by atoms with Crippen LogP contribution in [0.15, 0.2) is 47.7 Å².